The Morgan fingerprint density at radius 3 is 2.75 bits per heavy atom. The topological polar surface area (TPSA) is 50.4 Å². The Kier molecular flexibility index (Phi) is 4.18. The summed E-state index contributed by atoms with van der Waals surface area (Å²) in [5.41, 5.74) is 0. The smallest absolute Gasteiger partial charge is 0.246 e. The summed E-state index contributed by atoms with van der Waals surface area (Å²) in [5.74, 6) is 1.55. The van der Waals surface area contributed by atoms with E-state index in [2.05, 4.69) is 17.6 Å². The van der Waals surface area contributed by atoms with Crippen molar-refractivity contribution in [2.24, 2.45) is 11.8 Å². The maximum Gasteiger partial charge on any atom is 0.246 e. The molecule has 2 unspecified atom stereocenters. The van der Waals surface area contributed by atoms with Gasteiger partial charge in [0.25, 0.3) is 0 Å². The van der Waals surface area contributed by atoms with Gasteiger partial charge in [-0.1, -0.05) is 6.92 Å². The minimum Gasteiger partial charge on any atom is -0.368 e. The van der Waals surface area contributed by atoms with Crippen LogP contribution in [0.3, 0.4) is 0 Å². The van der Waals surface area contributed by atoms with Crippen LogP contribution in [-0.2, 0) is 9.53 Å². The minimum atomic E-state index is 0.0395. The van der Waals surface area contributed by atoms with Crippen LogP contribution in [-0.4, -0.2) is 38.3 Å². The first-order valence-corrected chi connectivity index (χ1v) is 6.34. The molecule has 2 aliphatic rings. The summed E-state index contributed by atoms with van der Waals surface area (Å²) in [5, 5.41) is 6.21. The van der Waals surface area contributed by atoms with Gasteiger partial charge in [0.1, 0.15) is 6.61 Å². The zero-order valence-electron chi connectivity index (χ0n) is 10.00. The van der Waals surface area contributed by atoms with Crippen molar-refractivity contribution in [1.29, 1.82) is 0 Å². The molecule has 1 aliphatic carbocycles. The molecule has 1 saturated carbocycles. The van der Waals surface area contributed by atoms with Gasteiger partial charge >= 0.3 is 0 Å². The number of amides is 1. The van der Waals surface area contributed by atoms with Crippen molar-refractivity contribution >= 4 is 5.91 Å². The van der Waals surface area contributed by atoms with Gasteiger partial charge in [0, 0.05) is 6.54 Å². The lowest BCUT2D eigenvalue weighted by molar-refractivity contribution is -0.128. The van der Waals surface area contributed by atoms with Crippen LogP contribution in [0.15, 0.2) is 0 Å². The van der Waals surface area contributed by atoms with Crippen LogP contribution < -0.4 is 10.6 Å². The summed E-state index contributed by atoms with van der Waals surface area (Å²) in [6.07, 6.45) is 3.57. The molecule has 1 heterocycles. The highest BCUT2D eigenvalue weighted by molar-refractivity contribution is 5.77. The average molecular weight is 226 g/mol. The van der Waals surface area contributed by atoms with Crippen molar-refractivity contribution in [2.45, 2.75) is 32.3 Å². The molecule has 16 heavy (non-hydrogen) atoms. The molecule has 1 amide bonds. The summed E-state index contributed by atoms with van der Waals surface area (Å²) in [6.45, 7) is 5.29. The molecule has 0 spiro atoms. The van der Waals surface area contributed by atoms with Crippen LogP contribution in [0.25, 0.3) is 0 Å². The van der Waals surface area contributed by atoms with Crippen molar-refractivity contribution in [3.05, 3.63) is 0 Å². The number of ether oxygens (including phenoxy) is 1. The van der Waals surface area contributed by atoms with Crippen LogP contribution in [0, 0.1) is 11.8 Å². The molecule has 0 radical (unpaired) electrons. The molecule has 1 aliphatic heterocycles. The van der Waals surface area contributed by atoms with E-state index >= 15 is 0 Å². The van der Waals surface area contributed by atoms with Gasteiger partial charge in [0.15, 0.2) is 0 Å². The van der Waals surface area contributed by atoms with Crippen molar-refractivity contribution in [1.82, 2.24) is 10.6 Å². The van der Waals surface area contributed by atoms with Crippen LogP contribution >= 0.6 is 0 Å². The highest BCUT2D eigenvalue weighted by atomic mass is 16.5. The van der Waals surface area contributed by atoms with E-state index in [1.165, 1.54) is 6.42 Å². The van der Waals surface area contributed by atoms with E-state index in [4.69, 9.17) is 4.74 Å². The Labute approximate surface area is 97.1 Å². The molecule has 1 saturated heterocycles. The third kappa shape index (κ3) is 3.76. The normalized spacial score (nSPS) is 30.1. The maximum absolute atomic E-state index is 11.5. The number of hydrogen-bond acceptors (Lipinski definition) is 3. The van der Waals surface area contributed by atoms with E-state index in [9.17, 15) is 4.79 Å². The summed E-state index contributed by atoms with van der Waals surface area (Å²) in [7, 11) is 0. The van der Waals surface area contributed by atoms with Gasteiger partial charge in [-0.3, -0.25) is 4.79 Å². The molecular formula is C12H22N2O2. The van der Waals surface area contributed by atoms with Crippen molar-refractivity contribution in [2.75, 3.05) is 26.2 Å². The fourth-order valence-corrected chi connectivity index (χ4v) is 2.14. The Morgan fingerprint density at radius 2 is 2.12 bits per heavy atom. The second-order valence-electron chi connectivity index (χ2n) is 5.04. The quantitative estimate of drug-likeness (QED) is 0.719. The first-order valence-electron chi connectivity index (χ1n) is 6.34. The number of hydrogen-bond donors (Lipinski definition) is 2. The molecule has 4 nitrogen and oxygen atoms in total. The number of carbonyl (C=O) groups is 1. The molecule has 2 N–H and O–H groups in total. The fourth-order valence-electron chi connectivity index (χ4n) is 2.14. The van der Waals surface area contributed by atoms with Gasteiger partial charge in [-0.05, 0) is 44.2 Å². The number of rotatable bonds is 5. The molecule has 0 aromatic heterocycles. The predicted octanol–water partition coefficient (Wildman–Crippen LogP) is 0.527. The Hall–Kier alpha value is -0.610. The second-order valence-corrected chi connectivity index (χ2v) is 5.04. The molecule has 0 aromatic carbocycles. The second kappa shape index (κ2) is 5.64. The molecule has 4 heteroatoms. The van der Waals surface area contributed by atoms with E-state index in [1.807, 2.05) is 0 Å². The Bertz CT molecular complexity index is 239. The fraction of sp³-hybridized carbons (Fsp3) is 0.917. The molecule has 92 valence electrons. The largest absolute Gasteiger partial charge is 0.368 e. The lowest BCUT2D eigenvalue weighted by atomic mass is 10.1. The van der Waals surface area contributed by atoms with Gasteiger partial charge in [-0.15, -0.1) is 0 Å². The molecule has 2 rings (SSSR count). The van der Waals surface area contributed by atoms with Crippen LogP contribution in [0.5, 0.6) is 0 Å². The summed E-state index contributed by atoms with van der Waals surface area (Å²) >= 11 is 0. The van der Waals surface area contributed by atoms with Crippen molar-refractivity contribution < 1.29 is 9.53 Å². The SMILES string of the molecule is CC1CC1CNC(=O)COC1CCNCC1. The maximum atomic E-state index is 11.5. The van der Waals surface area contributed by atoms with E-state index in [0.29, 0.717) is 5.92 Å². The lowest BCUT2D eigenvalue weighted by Crippen LogP contribution is -2.36. The zero-order valence-corrected chi connectivity index (χ0v) is 10.00. The number of piperidine rings is 1. The minimum absolute atomic E-state index is 0.0395. The third-order valence-corrected chi connectivity index (χ3v) is 3.57. The average Bonchev–Trinajstić information content (AvgIpc) is 3.01. The first-order chi connectivity index (χ1) is 7.75. The third-order valence-electron chi connectivity index (χ3n) is 3.57. The highest BCUT2D eigenvalue weighted by Crippen LogP contribution is 2.36. The van der Waals surface area contributed by atoms with E-state index in [-0.39, 0.29) is 18.6 Å². The van der Waals surface area contributed by atoms with E-state index < -0.39 is 0 Å². The summed E-state index contributed by atoms with van der Waals surface area (Å²) < 4.78 is 5.57. The van der Waals surface area contributed by atoms with Gasteiger partial charge in [-0.25, -0.2) is 0 Å². The molecular weight excluding hydrogens is 204 g/mol. The van der Waals surface area contributed by atoms with Crippen molar-refractivity contribution in [3.8, 4) is 0 Å². The summed E-state index contributed by atoms with van der Waals surface area (Å²) in [4.78, 5) is 11.5. The summed E-state index contributed by atoms with van der Waals surface area (Å²) in [6, 6.07) is 0. The van der Waals surface area contributed by atoms with E-state index in [0.717, 1.165) is 38.4 Å². The lowest BCUT2D eigenvalue weighted by Gasteiger charge is -2.22. The van der Waals surface area contributed by atoms with Crippen molar-refractivity contribution in [3.63, 3.8) is 0 Å². The monoisotopic (exact) mass is 226 g/mol. The van der Waals surface area contributed by atoms with Gasteiger partial charge in [0.2, 0.25) is 5.91 Å². The molecule has 0 aromatic rings. The first kappa shape index (κ1) is 11.9. The number of nitrogens with one attached hydrogen (secondary N) is 2. The van der Waals surface area contributed by atoms with Crippen LogP contribution in [0.4, 0.5) is 0 Å². The van der Waals surface area contributed by atoms with Crippen LogP contribution in [0.2, 0.25) is 0 Å². The van der Waals surface area contributed by atoms with Crippen LogP contribution in [0.1, 0.15) is 26.2 Å². The Morgan fingerprint density at radius 1 is 1.44 bits per heavy atom. The highest BCUT2D eigenvalue weighted by Gasteiger charge is 2.32. The molecule has 2 atom stereocenters. The molecule has 2 fully saturated rings. The zero-order chi connectivity index (χ0) is 11.4. The predicted molar refractivity (Wildman–Crippen MR) is 62.1 cm³/mol. The van der Waals surface area contributed by atoms with Gasteiger partial charge in [-0.2, -0.15) is 0 Å². The van der Waals surface area contributed by atoms with Gasteiger partial charge < -0.3 is 15.4 Å². The standard InChI is InChI=1S/C12H22N2O2/c1-9-6-10(9)7-14-12(15)8-16-11-2-4-13-5-3-11/h9-11,13H,2-8H2,1H3,(H,14,15). The Balaban J connectivity index is 1.52. The van der Waals surface area contributed by atoms with Gasteiger partial charge in [0.05, 0.1) is 6.10 Å². The number of carbonyl (C=O) groups excluding carboxylic acids is 1. The van der Waals surface area contributed by atoms with E-state index in [1.54, 1.807) is 0 Å². The molecule has 0 bridgehead atoms.